The number of hydrogen-bond donors (Lipinski definition) is 0. The minimum atomic E-state index is -0.372. The fraction of sp³-hybridized carbons (Fsp3) is 0.259. The lowest BCUT2D eigenvalue weighted by Gasteiger charge is -2.32. The maximum absolute atomic E-state index is 13.7. The molecule has 2 aliphatic rings. The van der Waals surface area contributed by atoms with Crippen molar-refractivity contribution in [1.82, 2.24) is 9.80 Å². The van der Waals surface area contributed by atoms with E-state index >= 15 is 0 Å². The molecule has 2 unspecified atom stereocenters. The summed E-state index contributed by atoms with van der Waals surface area (Å²) in [7, 11) is 0. The van der Waals surface area contributed by atoms with Crippen molar-refractivity contribution in [2.24, 2.45) is 5.92 Å². The molecule has 0 N–H and O–H groups in total. The van der Waals surface area contributed by atoms with Crippen molar-refractivity contribution >= 4 is 11.8 Å². The number of carbonyl (C=O) groups is 2. The van der Waals surface area contributed by atoms with Gasteiger partial charge in [-0.05, 0) is 47.4 Å². The van der Waals surface area contributed by atoms with E-state index in [0.29, 0.717) is 31.7 Å². The van der Waals surface area contributed by atoms with Crippen molar-refractivity contribution in [2.45, 2.75) is 18.9 Å². The van der Waals surface area contributed by atoms with Crippen LogP contribution in [0.2, 0.25) is 0 Å². The number of carbonyl (C=O) groups excluding carboxylic acids is 2. The Kier molecular flexibility index (Phi) is 5.48. The quantitative estimate of drug-likeness (QED) is 0.625. The van der Waals surface area contributed by atoms with Gasteiger partial charge in [-0.25, -0.2) is 4.39 Å². The molecule has 0 saturated carbocycles. The summed E-state index contributed by atoms with van der Waals surface area (Å²) in [4.78, 5) is 30.5. The SMILES string of the molecule is O=C(c1ccc(F)cc1)N1CC(C(=O)N2CCc3ccccc3C2)C(c2ccccc2)C1. The summed E-state index contributed by atoms with van der Waals surface area (Å²) in [6, 6.07) is 23.8. The van der Waals surface area contributed by atoms with Crippen LogP contribution in [0.5, 0.6) is 0 Å². The highest BCUT2D eigenvalue weighted by atomic mass is 19.1. The van der Waals surface area contributed by atoms with Crippen LogP contribution in [0.3, 0.4) is 0 Å². The van der Waals surface area contributed by atoms with E-state index in [4.69, 9.17) is 0 Å². The second-order valence-corrected chi connectivity index (χ2v) is 8.62. The minimum absolute atomic E-state index is 0.0646. The summed E-state index contributed by atoms with van der Waals surface area (Å²) in [6.45, 7) is 2.15. The number of rotatable bonds is 3. The molecule has 4 nitrogen and oxygen atoms in total. The van der Waals surface area contributed by atoms with Crippen LogP contribution >= 0.6 is 0 Å². The molecule has 162 valence electrons. The highest BCUT2D eigenvalue weighted by Crippen LogP contribution is 2.35. The molecule has 32 heavy (non-hydrogen) atoms. The summed E-state index contributed by atoms with van der Waals surface area (Å²) >= 11 is 0. The number of amides is 2. The molecule has 1 fully saturated rings. The van der Waals surface area contributed by atoms with E-state index in [1.165, 1.54) is 35.4 Å². The van der Waals surface area contributed by atoms with Gasteiger partial charge in [0.2, 0.25) is 5.91 Å². The van der Waals surface area contributed by atoms with Gasteiger partial charge in [-0.1, -0.05) is 54.6 Å². The van der Waals surface area contributed by atoms with E-state index in [-0.39, 0.29) is 29.5 Å². The molecule has 2 atom stereocenters. The third-order valence-electron chi connectivity index (χ3n) is 6.69. The first-order valence-electron chi connectivity index (χ1n) is 11.1. The van der Waals surface area contributed by atoms with Gasteiger partial charge in [-0.15, -0.1) is 0 Å². The van der Waals surface area contributed by atoms with Crippen LogP contribution in [0.1, 0.15) is 33.0 Å². The van der Waals surface area contributed by atoms with Gasteiger partial charge in [-0.2, -0.15) is 0 Å². The molecular formula is C27H25FN2O2. The second-order valence-electron chi connectivity index (χ2n) is 8.62. The molecule has 0 aromatic heterocycles. The Balaban J connectivity index is 1.40. The number of fused-ring (bicyclic) bond motifs is 1. The second kappa shape index (κ2) is 8.58. The zero-order valence-electron chi connectivity index (χ0n) is 17.8. The van der Waals surface area contributed by atoms with E-state index in [1.54, 1.807) is 4.90 Å². The third-order valence-corrected chi connectivity index (χ3v) is 6.69. The molecule has 3 aromatic rings. The minimum Gasteiger partial charge on any atom is -0.338 e. The normalized spacial score (nSPS) is 20.2. The van der Waals surface area contributed by atoms with Gasteiger partial charge < -0.3 is 9.80 Å². The molecule has 5 heteroatoms. The zero-order chi connectivity index (χ0) is 22.1. The van der Waals surface area contributed by atoms with Crippen molar-refractivity contribution in [3.8, 4) is 0 Å². The summed E-state index contributed by atoms with van der Waals surface area (Å²) in [6.07, 6.45) is 0.850. The maximum Gasteiger partial charge on any atom is 0.253 e. The molecule has 0 bridgehead atoms. The Morgan fingerprint density at radius 3 is 2.22 bits per heavy atom. The van der Waals surface area contributed by atoms with Crippen LogP contribution in [0, 0.1) is 11.7 Å². The monoisotopic (exact) mass is 428 g/mol. The van der Waals surface area contributed by atoms with Crippen LogP contribution in [0.25, 0.3) is 0 Å². The zero-order valence-corrected chi connectivity index (χ0v) is 17.8. The largest absolute Gasteiger partial charge is 0.338 e. The van der Waals surface area contributed by atoms with Gasteiger partial charge in [0.05, 0.1) is 5.92 Å². The van der Waals surface area contributed by atoms with E-state index in [9.17, 15) is 14.0 Å². The van der Waals surface area contributed by atoms with Gasteiger partial charge in [0, 0.05) is 37.7 Å². The highest BCUT2D eigenvalue weighted by Gasteiger charge is 2.42. The number of benzene rings is 3. The van der Waals surface area contributed by atoms with Crippen LogP contribution < -0.4 is 0 Å². The van der Waals surface area contributed by atoms with Gasteiger partial charge in [0.25, 0.3) is 5.91 Å². The van der Waals surface area contributed by atoms with Gasteiger partial charge in [0.15, 0.2) is 0 Å². The summed E-state index contributed by atoms with van der Waals surface area (Å²) in [5.74, 6) is -0.797. The van der Waals surface area contributed by atoms with E-state index in [1.807, 2.05) is 47.4 Å². The summed E-state index contributed by atoms with van der Waals surface area (Å²) in [5.41, 5.74) is 4.01. The van der Waals surface area contributed by atoms with Crippen molar-refractivity contribution in [1.29, 1.82) is 0 Å². The Bertz CT molecular complexity index is 1130. The van der Waals surface area contributed by atoms with E-state index < -0.39 is 0 Å². The molecule has 2 aliphatic heterocycles. The summed E-state index contributed by atoms with van der Waals surface area (Å²) < 4.78 is 13.3. The van der Waals surface area contributed by atoms with Crippen LogP contribution in [0.4, 0.5) is 4.39 Å². The third kappa shape index (κ3) is 3.91. The first-order chi connectivity index (χ1) is 15.6. The van der Waals surface area contributed by atoms with E-state index in [2.05, 4.69) is 12.1 Å². The molecule has 1 saturated heterocycles. The van der Waals surface area contributed by atoms with Crippen LogP contribution in [-0.4, -0.2) is 41.2 Å². The smallest absolute Gasteiger partial charge is 0.253 e. The highest BCUT2D eigenvalue weighted by molar-refractivity contribution is 5.95. The summed E-state index contributed by atoms with van der Waals surface area (Å²) in [5, 5.41) is 0. The molecule has 0 radical (unpaired) electrons. The predicted molar refractivity (Wildman–Crippen MR) is 121 cm³/mol. The number of hydrogen-bond acceptors (Lipinski definition) is 2. The molecular weight excluding hydrogens is 403 g/mol. The van der Waals surface area contributed by atoms with Crippen LogP contribution in [0.15, 0.2) is 78.9 Å². The van der Waals surface area contributed by atoms with Gasteiger partial charge in [0.1, 0.15) is 5.82 Å². The molecule has 3 aromatic carbocycles. The molecule has 0 aliphatic carbocycles. The fourth-order valence-electron chi connectivity index (χ4n) is 4.95. The lowest BCUT2D eigenvalue weighted by atomic mass is 9.87. The molecule has 2 heterocycles. The number of nitrogens with zero attached hydrogens (tertiary/aromatic N) is 2. The lowest BCUT2D eigenvalue weighted by Crippen LogP contribution is -2.42. The van der Waals surface area contributed by atoms with Crippen molar-refractivity contribution < 1.29 is 14.0 Å². The average molecular weight is 429 g/mol. The number of halogens is 1. The van der Waals surface area contributed by atoms with Gasteiger partial charge >= 0.3 is 0 Å². The lowest BCUT2D eigenvalue weighted by molar-refractivity contribution is -0.136. The first kappa shape index (κ1) is 20.4. The standard InChI is InChI=1S/C27H25FN2O2/c28-23-12-10-21(11-13-23)26(31)30-17-24(20-7-2-1-3-8-20)25(18-30)27(32)29-15-14-19-6-4-5-9-22(19)16-29/h1-13,24-25H,14-18H2. The molecule has 5 rings (SSSR count). The Labute approximate surface area is 187 Å². The predicted octanol–water partition coefficient (Wildman–Crippen LogP) is 4.27. The van der Waals surface area contributed by atoms with Crippen molar-refractivity contribution in [3.63, 3.8) is 0 Å². The maximum atomic E-state index is 13.7. The van der Waals surface area contributed by atoms with Gasteiger partial charge in [-0.3, -0.25) is 9.59 Å². The molecule has 0 spiro atoms. The fourth-order valence-corrected chi connectivity index (χ4v) is 4.95. The average Bonchev–Trinajstić information content (AvgIpc) is 3.29. The van der Waals surface area contributed by atoms with Crippen molar-refractivity contribution in [3.05, 3.63) is 107 Å². The van der Waals surface area contributed by atoms with E-state index in [0.717, 1.165) is 12.0 Å². The van der Waals surface area contributed by atoms with Crippen molar-refractivity contribution in [2.75, 3.05) is 19.6 Å². The first-order valence-corrected chi connectivity index (χ1v) is 11.1. The topological polar surface area (TPSA) is 40.6 Å². The molecule has 2 amide bonds. The Morgan fingerprint density at radius 2 is 1.47 bits per heavy atom. The Hall–Kier alpha value is -3.47. The Morgan fingerprint density at radius 1 is 0.781 bits per heavy atom. The number of likely N-dealkylation sites (tertiary alicyclic amines) is 1. The van der Waals surface area contributed by atoms with Crippen LogP contribution in [-0.2, 0) is 17.8 Å².